The van der Waals surface area contributed by atoms with Crippen LogP contribution in [-0.4, -0.2) is 24.8 Å². The summed E-state index contributed by atoms with van der Waals surface area (Å²) in [6.07, 6.45) is 4.49. The summed E-state index contributed by atoms with van der Waals surface area (Å²) >= 11 is 8.00. The van der Waals surface area contributed by atoms with Crippen LogP contribution >= 0.6 is 31.0 Å². The number of alkyl halides is 1. The van der Waals surface area contributed by atoms with Gasteiger partial charge in [0.05, 0.1) is 0 Å². The Bertz CT molecular complexity index is 389. The number of hydrogen-bond acceptors (Lipinski definition) is 4. The Hall–Kier alpha value is 0.270. The largest absolute Gasteiger partial charge is 0.354 e. The summed E-state index contributed by atoms with van der Waals surface area (Å²) in [5.41, 5.74) is 0.855. The van der Waals surface area contributed by atoms with E-state index in [1.54, 1.807) is 17.6 Å². The van der Waals surface area contributed by atoms with Gasteiger partial charge in [0.25, 0.3) is 0 Å². The van der Waals surface area contributed by atoms with Gasteiger partial charge in [-0.15, -0.1) is 23.4 Å². The molecule has 1 fully saturated rings. The molecule has 0 saturated heterocycles. The van der Waals surface area contributed by atoms with Gasteiger partial charge in [-0.05, 0) is 25.3 Å². The molecule has 0 aliphatic heterocycles. The van der Waals surface area contributed by atoms with E-state index in [4.69, 9.17) is 20.6 Å². The van der Waals surface area contributed by atoms with E-state index in [-0.39, 0.29) is 5.38 Å². The maximum absolute atomic E-state index is 12.2. The molecule has 0 bridgehead atoms. The molecule has 1 aliphatic rings. The monoisotopic (exact) mass is 324 g/mol. The lowest BCUT2D eigenvalue weighted by molar-refractivity contribution is 0.286. The zero-order valence-electron chi connectivity index (χ0n) is 11.7. The van der Waals surface area contributed by atoms with Gasteiger partial charge in [-0.1, -0.05) is 19.4 Å². The fraction of sp³-hybridized carbons (Fsp3) is 0.692. The molecule has 0 radical (unpaired) electrons. The van der Waals surface area contributed by atoms with Crippen LogP contribution in [0.1, 0.15) is 32.6 Å². The molecular weight excluding hydrogens is 303 g/mol. The van der Waals surface area contributed by atoms with Crippen molar-refractivity contribution < 1.29 is 13.6 Å². The molecule has 0 aromatic carbocycles. The van der Waals surface area contributed by atoms with Crippen molar-refractivity contribution in [2.45, 2.75) is 43.2 Å². The molecule has 1 rings (SSSR count). The molecule has 110 valence electrons. The van der Waals surface area contributed by atoms with Crippen molar-refractivity contribution in [2.24, 2.45) is 0 Å². The maximum atomic E-state index is 12.2. The second-order valence-electron chi connectivity index (χ2n) is 4.64. The summed E-state index contributed by atoms with van der Waals surface area (Å²) in [5.74, 6) is 1.55. The van der Waals surface area contributed by atoms with E-state index in [1.807, 2.05) is 6.92 Å². The second-order valence-corrected chi connectivity index (χ2v) is 8.55. The predicted octanol–water partition coefficient (Wildman–Crippen LogP) is 5.17. The lowest BCUT2D eigenvalue weighted by Gasteiger charge is -2.27. The number of thioether (sulfide) groups is 1. The molecule has 6 heteroatoms. The van der Waals surface area contributed by atoms with Crippen molar-refractivity contribution in [3.8, 4) is 0 Å². The first-order valence-electron chi connectivity index (χ1n) is 6.32. The molecule has 1 aliphatic carbocycles. The average Bonchev–Trinajstić information content (AvgIpc) is 2.40. The van der Waals surface area contributed by atoms with Crippen LogP contribution in [0.2, 0.25) is 0 Å². The second kappa shape index (κ2) is 7.90. The minimum atomic E-state index is -3.17. The van der Waals surface area contributed by atoms with E-state index >= 15 is 0 Å². The highest BCUT2D eigenvalue weighted by Gasteiger charge is 2.27. The maximum Gasteiger partial charge on any atom is 0.354 e. The molecule has 1 saturated carbocycles. The van der Waals surface area contributed by atoms with Crippen LogP contribution in [0, 0.1) is 0 Å². The van der Waals surface area contributed by atoms with E-state index in [2.05, 4.69) is 6.58 Å². The van der Waals surface area contributed by atoms with E-state index < -0.39 is 7.60 Å². The first kappa shape index (κ1) is 17.3. The van der Waals surface area contributed by atoms with Gasteiger partial charge in [0, 0.05) is 35.6 Å². The Morgan fingerprint density at radius 2 is 1.95 bits per heavy atom. The van der Waals surface area contributed by atoms with E-state index in [9.17, 15) is 4.57 Å². The van der Waals surface area contributed by atoms with Crippen molar-refractivity contribution >= 4 is 31.0 Å². The van der Waals surface area contributed by atoms with Crippen LogP contribution in [0.3, 0.4) is 0 Å². The SMILES string of the molecule is C=C(C)/C(=C\P(=O)(OC)OC)S[C@@H]1CCCC[C@H]1Cl. The average molecular weight is 325 g/mol. The highest BCUT2D eigenvalue weighted by molar-refractivity contribution is 8.04. The minimum absolute atomic E-state index is 0.158. The molecule has 0 aromatic rings. The van der Waals surface area contributed by atoms with Gasteiger partial charge in [-0.25, -0.2) is 0 Å². The molecule has 0 unspecified atom stereocenters. The summed E-state index contributed by atoms with van der Waals surface area (Å²) in [7, 11) is -0.403. The zero-order chi connectivity index (χ0) is 14.5. The molecule has 0 aromatic heterocycles. The topological polar surface area (TPSA) is 35.5 Å². The third-order valence-corrected chi connectivity index (χ3v) is 7.13. The minimum Gasteiger partial charge on any atom is -0.309 e. The Morgan fingerprint density at radius 1 is 1.37 bits per heavy atom. The Kier molecular flexibility index (Phi) is 7.20. The van der Waals surface area contributed by atoms with Gasteiger partial charge in [0.1, 0.15) is 0 Å². The van der Waals surface area contributed by atoms with E-state index in [1.165, 1.54) is 27.1 Å². The molecule has 0 amide bonds. The highest BCUT2D eigenvalue weighted by Crippen LogP contribution is 2.52. The molecule has 0 heterocycles. The third-order valence-electron chi connectivity index (χ3n) is 3.11. The Balaban J connectivity index is 2.86. The number of halogens is 1. The van der Waals surface area contributed by atoms with E-state index in [0.717, 1.165) is 23.3 Å². The predicted molar refractivity (Wildman–Crippen MR) is 84.0 cm³/mol. The number of hydrogen-bond donors (Lipinski definition) is 0. The molecule has 2 atom stereocenters. The van der Waals surface area contributed by atoms with Gasteiger partial charge in [-0.3, -0.25) is 4.57 Å². The summed E-state index contributed by atoms with van der Waals surface area (Å²) in [6.45, 7) is 5.82. The Labute approximate surface area is 125 Å². The smallest absolute Gasteiger partial charge is 0.309 e. The normalized spacial score (nSPS) is 25.4. The van der Waals surface area contributed by atoms with Crippen molar-refractivity contribution in [1.82, 2.24) is 0 Å². The summed E-state index contributed by atoms with van der Waals surface area (Å²) < 4.78 is 22.1. The van der Waals surface area contributed by atoms with Crippen LogP contribution in [0.25, 0.3) is 0 Å². The Morgan fingerprint density at radius 3 is 2.42 bits per heavy atom. The fourth-order valence-electron chi connectivity index (χ4n) is 1.91. The van der Waals surface area contributed by atoms with Crippen LogP contribution in [-0.2, 0) is 13.6 Å². The van der Waals surface area contributed by atoms with E-state index in [0.29, 0.717) is 5.25 Å². The highest BCUT2D eigenvalue weighted by atomic mass is 35.5. The van der Waals surface area contributed by atoms with Gasteiger partial charge in [-0.2, -0.15) is 0 Å². The number of allylic oxidation sites excluding steroid dienone is 1. The lowest BCUT2D eigenvalue weighted by Crippen LogP contribution is -2.22. The molecule has 19 heavy (non-hydrogen) atoms. The molecular formula is C13H22ClO3PS. The van der Waals surface area contributed by atoms with Gasteiger partial charge in [0.2, 0.25) is 0 Å². The first-order valence-corrected chi connectivity index (χ1v) is 9.25. The van der Waals surface area contributed by atoms with Crippen molar-refractivity contribution in [2.75, 3.05) is 14.2 Å². The first-order chi connectivity index (χ1) is 8.91. The summed E-state index contributed by atoms with van der Waals surface area (Å²) in [5, 5.41) is 0.492. The van der Waals surface area contributed by atoms with Gasteiger partial charge in [0.15, 0.2) is 0 Å². The van der Waals surface area contributed by atoms with Crippen molar-refractivity contribution in [1.29, 1.82) is 0 Å². The quantitative estimate of drug-likeness (QED) is 0.383. The van der Waals surface area contributed by atoms with Gasteiger partial charge < -0.3 is 9.05 Å². The fourth-order valence-corrected chi connectivity index (χ4v) is 4.94. The molecule has 3 nitrogen and oxygen atoms in total. The number of rotatable bonds is 6. The van der Waals surface area contributed by atoms with Crippen LogP contribution in [0.5, 0.6) is 0 Å². The van der Waals surface area contributed by atoms with Crippen molar-refractivity contribution in [3.05, 3.63) is 22.9 Å². The van der Waals surface area contributed by atoms with Crippen LogP contribution < -0.4 is 0 Å². The third kappa shape index (κ3) is 5.28. The standard InChI is InChI=1S/C13H22ClO3PS/c1-10(2)13(9-18(15,16-3)17-4)19-12-8-6-5-7-11(12)14/h9,11-12H,1,5-8H2,2-4H3/b13-9+/t11-,12-/m1/s1. The van der Waals surface area contributed by atoms with Gasteiger partial charge >= 0.3 is 7.60 Å². The summed E-state index contributed by atoms with van der Waals surface area (Å²) in [6, 6.07) is 0. The zero-order valence-corrected chi connectivity index (χ0v) is 14.2. The van der Waals surface area contributed by atoms with Crippen molar-refractivity contribution in [3.63, 3.8) is 0 Å². The summed E-state index contributed by atoms with van der Waals surface area (Å²) in [4.78, 5) is 0.851. The molecule has 0 spiro atoms. The van der Waals surface area contributed by atoms with Crippen LogP contribution in [0.15, 0.2) is 22.9 Å². The molecule has 0 N–H and O–H groups in total. The lowest BCUT2D eigenvalue weighted by atomic mass is 10.00. The van der Waals surface area contributed by atoms with Crippen LogP contribution in [0.4, 0.5) is 0 Å².